The molecule has 2 aliphatic rings. The molecule has 9 heteroatoms. The fourth-order valence-corrected chi connectivity index (χ4v) is 5.78. The van der Waals surface area contributed by atoms with Crippen LogP contribution >= 0.6 is 23.2 Å². The number of alkyl carbamates (subject to hydrolysis) is 1. The summed E-state index contributed by atoms with van der Waals surface area (Å²) < 4.78 is 10.7. The number of carbonyl (C=O) groups excluding carboxylic acids is 2. The van der Waals surface area contributed by atoms with Crippen LogP contribution in [0.15, 0.2) is 42.5 Å². The number of benzene rings is 2. The first-order chi connectivity index (χ1) is 18.5. The molecule has 1 spiro atoms. The van der Waals surface area contributed by atoms with Crippen molar-refractivity contribution in [2.24, 2.45) is 5.41 Å². The van der Waals surface area contributed by atoms with Crippen LogP contribution in [-0.2, 0) is 16.1 Å². The number of piperidine rings is 1. The SMILES string of the molecule is COc1ccc(CN2CCC3(CCN(CCC(NC(=O)OC(C)(C)C)c4ccc(Cl)c(Cl)c4)CC3)C2=O)cc1. The summed E-state index contributed by atoms with van der Waals surface area (Å²) in [5.41, 5.74) is 1.14. The molecule has 39 heavy (non-hydrogen) atoms. The number of halogens is 2. The monoisotopic (exact) mass is 575 g/mol. The van der Waals surface area contributed by atoms with Crippen molar-refractivity contribution in [2.75, 3.05) is 33.3 Å². The molecule has 2 aromatic rings. The van der Waals surface area contributed by atoms with E-state index >= 15 is 0 Å². The van der Waals surface area contributed by atoms with Crippen LogP contribution in [0.5, 0.6) is 5.75 Å². The van der Waals surface area contributed by atoms with E-state index in [0.29, 0.717) is 23.0 Å². The van der Waals surface area contributed by atoms with Gasteiger partial charge in [0, 0.05) is 19.6 Å². The highest BCUT2D eigenvalue weighted by Crippen LogP contribution is 2.42. The summed E-state index contributed by atoms with van der Waals surface area (Å²) in [6, 6.07) is 13.1. The minimum atomic E-state index is -0.595. The maximum Gasteiger partial charge on any atom is 0.408 e. The molecule has 1 unspecified atom stereocenters. The van der Waals surface area contributed by atoms with Crippen molar-refractivity contribution in [1.82, 2.24) is 15.1 Å². The summed E-state index contributed by atoms with van der Waals surface area (Å²) in [7, 11) is 1.65. The fraction of sp³-hybridized carbons (Fsp3) is 0.533. The van der Waals surface area contributed by atoms with E-state index in [9.17, 15) is 9.59 Å². The molecule has 1 atom stereocenters. The second-order valence-corrected chi connectivity index (χ2v) is 12.4. The van der Waals surface area contributed by atoms with Gasteiger partial charge in [0.1, 0.15) is 11.4 Å². The van der Waals surface area contributed by atoms with E-state index in [0.717, 1.165) is 62.3 Å². The minimum Gasteiger partial charge on any atom is -0.497 e. The summed E-state index contributed by atoms with van der Waals surface area (Å²) in [6.45, 7) is 9.43. The highest BCUT2D eigenvalue weighted by Gasteiger charge is 2.47. The number of carbonyl (C=O) groups is 2. The highest BCUT2D eigenvalue weighted by molar-refractivity contribution is 6.42. The molecule has 2 fully saturated rings. The number of ether oxygens (including phenoxy) is 2. The molecule has 2 heterocycles. The lowest BCUT2D eigenvalue weighted by Crippen LogP contribution is -2.45. The smallest absolute Gasteiger partial charge is 0.408 e. The zero-order valence-corrected chi connectivity index (χ0v) is 24.8. The van der Waals surface area contributed by atoms with Crippen molar-refractivity contribution in [3.8, 4) is 5.75 Å². The van der Waals surface area contributed by atoms with Gasteiger partial charge in [0.25, 0.3) is 0 Å². The zero-order chi connectivity index (χ0) is 28.2. The number of methoxy groups -OCH3 is 1. The first kappa shape index (κ1) is 29.5. The standard InChI is InChI=1S/C30H39Cl2N3O4/c1-29(2,3)39-28(37)33-26(22-7-10-24(31)25(32)19-22)11-15-34-16-12-30(13-17-34)14-18-35(27(30)36)20-21-5-8-23(38-4)9-6-21/h5-10,19,26H,11-18,20H2,1-4H3,(H,33,37). The number of amides is 2. The normalized spacial score (nSPS) is 18.3. The third-order valence-electron chi connectivity index (χ3n) is 7.72. The summed E-state index contributed by atoms with van der Waals surface area (Å²) in [5, 5.41) is 3.93. The van der Waals surface area contributed by atoms with E-state index in [2.05, 4.69) is 10.2 Å². The molecule has 0 radical (unpaired) electrons. The molecular weight excluding hydrogens is 537 g/mol. The maximum absolute atomic E-state index is 13.5. The Morgan fingerprint density at radius 2 is 1.69 bits per heavy atom. The largest absolute Gasteiger partial charge is 0.497 e. The van der Waals surface area contributed by atoms with E-state index in [-0.39, 0.29) is 17.4 Å². The number of rotatable bonds is 8. The average molecular weight is 577 g/mol. The fourth-order valence-electron chi connectivity index (χ4n) is 5.48. The Kier molecular flexibility index (Phi) is 9.35. The number of nitrogens with one attached hydrogen (secondary N) is 1. The Balaban J connectivity index is 1.33. The zero-order valence-electron chi connectivity index (χ0n) is 23.3. The second-order valence-electron chi connectivity index (χ2n) is 11.6. The summed E-state index contributed by atoms with van der Waals surface area (Å²) in [5.74, 6) is 1.09. The van der Waals surface area contributed by atoms with Crippen LogP contribution in [-0.4, -0.2) is 60.7 Å². The second kappa shape index (κ2) is 12.4. The quantitative estimate of drug-likeness (QED) is 0.390. The van der Waals surface area contributed by atoms with Crippen LogP contribution in [0.3, 0.4) is 0 Å². The van der Waals surface area contributed by atoms with Crippen molar-refractivity contribution < 1.29 is 19.1 Å². The molecule has 7 nitrogen and oxygen atoms in total. The van der Waals surface area contributed by atoms with Gasteiger partial charge in [-0.2, -0.15) is 0 Å². The highest BCUT2D eigenvalue weighted by atomic mass is 35.5. The average Bonchev–Trinajstić information content (AvgIpc) is 3.18. The van der Waals surface area contributed by atoms with Crippen LogP contribution in [0.1, 0.15) is 63.6 Å². The third kappa shape index (κ3) is 7.59. The van der Waals surface area contributed by atoms with Crippen molar-refractivity contribution in [2.45, 2.75) is 64.6 Å². The number of likely N-dealkylation sites (tertiary alicyclic amines) is 2. The molecule has 0 aliphatic carbocycles. The predicted octanol–water partition coefficient (Wildman–Crippen LogP) is 6.47. The van der Waals surface area contributed by atoms with Gasteiger partial charge in [-0.1, -0.05) is 41.4 Å². The van der Waals surface area contributed by atoms with E-state index in [4.69, 9.17) is 32.7 Å². The molecule has 2 aliphatic heterocycles. The van der Waals surface area contributed by atoms with E-state index < -0.39 is 11.7 Å². The van der Waals surface area contributed by atoms with Gasteiger partial charge in [-0.05, 0) is 94.9 Å². The lowest BCUT2D eigenvalue weighted by Gasteiger charge is -2.38. The van der Waals surface area contributed by atoms with Gasteiger partial charge in [0.15, 0.2) is 0 Å². The summed E-state index contributed by atoms with van der Waals surface area (Å²) in [4.78, 5) is 30.4. The van der Waals surface area contributed by atoms with Crippen molar-refractivity contribution in [3.63, 3.8) is 0 Å². The molecule has 2 amide bonds. The topological polar surface area (TPSA) is 71.1 Å². The van der Waals surface area contributed by atoms with Crippen LogP contribution in [0.25, 0.3) is 0 Å². The Morgan fingerprint density at radius 1 is 1.03 bits per heavy atom. The first-order valence-corrected chi connectivity index (χ1v) is 14.3. The Bertz CT molecular complexity index is 1160. The van der Waals surface area contributed by atoms with E-state index in [1.165, 1.54) is 0 Å². The Labute approximate surface area is 241 Å². The van der Waals surface area contributed by atoms with Crippen LogP contribution < -0.4 is 10.1 Å². The predicted molar refractivity (Wildman–Crippen MR) is 154 cm³/mol. The van der Waals surface area contributed by atoms with Gasteiger partial charge in [-0.25, -0.2) is 4.79 Å². The van der Waals surface area contributed by atoms with Crippen LogP contribution in [0.4, 0.5) is 4.79 Å². The third-order valence-corrected chi connectivity index (χ3v) is 8.46. The molecule has 0 aromatic heterocycles. The molecule has 2 aromatic carbocycles. The van der Waals surface area contributed by atoms with Gasteiger partial charge in [-0.3, -0.25) is 4.79 Å². The van der Waals surface area contributed by atoms with Crippen molar-refractivity contribution in [3.05, 3.63) is 63.6 Å². The number of hydrogen-bond acceptors (Lipinski definition) is 5. The molecule has 0 saturated carbocycles. The van der Waals surface area contributed by atoms with Gasteiger partial charge in [-0.15, -0.1) is 0 Å². The van der Waals surface area contributed by atoms with Crippen LogP contribution in [0.2, 0.25) is 10.0 Å². The molecule has 2 saturated heterocycles. The van der Waals surface area contributed by atoms with Crippen molar-refractivity contribution in [1.29, 1.82) is 0 Å². The number of nitrogens with zero attached hydrogens (tertiary/aromatic N) is 2. The van der Waals surface area contributed by atoms with E-state index in [1.807, 2.05) is 56.0 Å². The summed E-state index contributed by atoms with van der Waals surface area (Å²) >= 11 is 12.4. The molecular formula is C30H39Cl2N3O4. The van der Waals surface area contributed by atoms with Gasteiger partial charge < -0.3 is 24.6 Å². The number of hydrogen-bond donors (Lipinski definition) is 1. The molecule has 4 rings (SSSR count). The molecule has 1 N–H and O–H groups in total. The lowest BCUT2D eigenvalue weighted by molar-refractivity contribution is -0.138. The van der Waals surface area contributed by atoms with Gasteiger partial charge in [0.2, 0.25) is 5.91 Å². The Morgan fingerprint density at radius 3 is 2.31 bits per heavy atom. The van der Waals surface area contributed by atoms with Crippen molar-refractivity contribution >= 4 is 35.2 Å². The minimum absolute atomic E-state index is 0.263. The maximum atomic E-state index is 13.5. The van der Waals surface area contributed by atoms with E-state index in [1.54, 1.807) is 19.2 Å². The first-order valence-electron chi connectivity index (χ1n) is 13.6. The molecule has 212 valence electrons. The van der Waals surface area contributed by atoms with Gasteiger partial charge in [0.05, 0.1) is 28.6 Å². The summed E-state index contributed by atoms with van der Waals surface area (Å²) in [6.07, 6.45) is 2.82. The molecule has 0 bridgehead atoms. The van der Waals surface area contributed by atoms with Crippen LogP contribution in [0, 0.1) is 5.41 Å². The lowest BCUT2D eigenvalue weighted by atomic mass is 9.77. The Hall–Kier alpha value is -2.48. The van der Waals surface area contributed by atoms with Gasteiger partial charge >= 0.3 is 6.09 Å².